The summed E-state index contributed by atoms with van der Waals surface area (Å²) in [4.78, 5) is 8.68. The molecule has 0 aliphatic heterocycles. The Kier molecular flexibility index (Phi) is 3.14. The van der Waals surface area contributed by atoms with Gasteiger partial charge >= 0.3 is 0 Å². The lowest BCUT2D eigenvalue weighted by molar-refractivity contribution is 0.629. The van der Waals surface area contributed by atoms with Gasteiger partial charge in [-0.1, -0.05) is 29.8 Å². The van der Waals surface area contributed by atoms with Crippen LogP contribution in [0.15, 0.2) is 36.4 Å². The van der Waals surface area contributed by atoms with Gasteiger partial charge in [-0.05, 0) is 43.2 Å². The van der Waals surface area contributed by atoms with E-state index in [0.29, 0.717) is 16.5 Å². The molecule has 0 aliphatic carbocycles. The zero-order valence-electron chi connectivity index (χ0n) is 11.1. The number of benzene rings is 2. The maximum Gasteiger partial charge on any atom is 0.164 e. The Morgan fingerprint density at radius 3 is 2.60 bits per heavy atom. The molecule has 1 heterocycles. The third kappa shape index (κ3) is 2.14. The van der Waals surface area contributed by atoms with E-state index in [9.17, 15) is 4.39 Å². The molecule has 0 spiro atoms. The molecule has 0 amide bonds. The number of rotatable bonds is 1. The zero-order chi connectivity index (χ0) is 14.3. The minimum Gasteiger partial charge on any atom is -0.228 e. The number of para-hydroxylation sites is 1. The van der Waals surface area contributed by atoms with Gasteiger partial charge in [0.05, 0.1) is 11.1 Å². The topological polar surface area (TPSA) is 25.8 Å². The van der Waals surface area contributed by atoms with E-state index in [-0.39, 0.29) is 5.82 Å². The van der Waals surface area contributed by atoms with Gasteiger partial charge in [-0.3, -0.25) is 0 Å². The summed E-state index contributed by atoms with van der Waals surface area (Å²) in [6.07, 6.45) is 0. The molecular weight excluding hydrogens is 275 g/mol. The number of aryl methyl sites for hydroxylation is 2. The minimum atomic E-state index is -0.339. The quantitative estimate of drug-likeness (QED) is 0.606. The number of nitrogens with zero attached hydrogens (tertiary/aromatic N) is 2. The third-order valence-corrected chi connectivity index (χ3v) is 3.54. The standard InChI is InChI=1S/C16H12ClFN2/c1-9-6-7-11(13(18)8-9)16-19-14-10(2)4-3-5-12(14)15(17)20-16/h3-8H,1-2H3. The second kappa shape index (κ2) is 4.84. The maximum absolute atomic E-state index is 14.0. The summed E-state index contributed by atoms with van der Waals surface area (Å²) in [6.45, 7) is 3.78. The van der Waals surface area contributed by atoms with Gasteiger partial charge in [-0.25, -0.2) is 14.4 Å². The summed E-state index contributed by atoms with van der Waals surface area (Å²) in [5.41, 5.74) is 2.96. The van der Waals surface area contributed by atoms with Crippen LogP contribution in [0.25, 0.3) is 22.3 Å². The molecule has 0 radical (unpaired) electrons. The fourth-order valence-electron chi connectivity index (χ4n) is 2.18. The summed E-state index contributed by atoms with van der Waals surface area (Å²) < 4.78 is 14.0. The summed E-state index contributed by atoms with van der Waals surface area (Å²) >= 11 is 6.19. The van der Waals surface area contributed by atoms with Gasteiger partial charge in [0.15, 0.2) is 5.82 Å². The van der Waals surface area contributed by atoms with Crippen molar-refractivity contribution in [3.63, 3.8) is 0 Å². The highest BCUT2D eigenvalue weighted by Crippen LogP contribution is 2.28. The van der Waals surface area contributed by atoms with Crippen LogP contribution >= 0.6 is 11.6 Å². The van der Waals surface area contributed by atoms with E-state index in [1.807, 2.05) is 38.1 Å². The van der Waals surface area contributed by atoms with Gasteiger partial charge in [0.1, 0.15) is 11.0 Å². The summed E-state index contributed by atoms with van der Waals surface area (Å²) in [7, 11) is 0. The SMILES string of the molecule is Cc1ccc(-c2nc(Cl)c3cccc(C)c3n2)c(F)c1. The van der Waals surface area contributed by atoms with Gasteiger partial charge < -0.3 is 0 Å². The van der Waals surface area contributed by atoms with Crippen LogP contribution in [0.5, 0.6) is 0 Å². The average molecular weight is 287 g/mol. The molecule has 2 nitrogen and oxygen atoms in total. The summed E-state index contributed by atoms with van der Waals surface area (Å²) in [5.74, 6) is -0.0247. The van der Waals surface area contributed by atoms with Gasteiger partial charge in [0.25, 0.3) is 0 Å². The molecule has 0 bridgehead atoms. The number of hydrogen-bond acceptors (Lipinski definition) is 2. The van der Waals surface area contributed by atoms with Crippen LogP contribution in [0.3, 0.4) is 0 Å². The largest absolute Gasteiger partial charge is 0.228 e. The number of halogens is 2. The molecule has 4 heteroatoms. The summed E-state index contributed by atoms with van der Waals surface area (Å²) in [5, 5.41) is 1.12. The van der Waals surface area contributed by atoms with Crippen LogP contribution < -0.4 is 0 Å². The molecule has 1 aromatic heterocycles. The Balaban J connectivity index is 2.29. The van der Waals surface area contributed by atoms with Crippen LogP contribution in [0.1, 0.15) is 11.1 Å². The molecule has 3 rings (SSSR count). The van der Waals surface area contributed by atoms with Crippen molar-refractivity contribution < 1.29 is 4.39 Å². The molecule has 3 aromatic rings. The average Bonchev–Trinajstić information content (AvgIpc) is 2.40. The maximum atomic E-state index is 14.0. The van der Waals surface area contributed by atoms with Gasteiger partial charge in [0.2, 0.25) is 0 Å². The number of fused-ring (bicyclic) bond motifs is 1. The lowest BCUT2D eigenvalue weighted by atomic mass is 10.1. The Labute approximate surface area is 121 Å². The monoisotopic (exact) mass is 286 g/mol. The first-order chi connectivity index (χ1) is 9.56. The highest BCUT2D eigenvalue weighted by molar-refractivity contribution is 6.34. The minimum absolute atomic E-state index is 0.314. The smallest absolute Gasteiger partial charge is 0.164 e. The molecule has 0 saturated heterocycles. The second-order valence-electron chi connectivity index (χ2n) is 4.79. The predicted molar refractivity (Wildman–Crippen MR) is 79.4 cm³/mol. The van der Waals surface area contributed by atoms with E-state index >= 15 is 0 Å². The molecule has 0 unspecified atom stereocenters. The first-order valence-electron chi connectivity index (χ1n) is 6.25. The highest BCUT2D eigenvalue weighted by Gasteiger charge is 2.12. The molecular formula is C16H12ClFN2. The Morgan fingerprint density at radius 1 is 1.05 bits per heavy atom. The molecule has 0 saturated carbocycles. The van der Waals surface area contributed by atoms with E-state index in [4.69, 9.17) is 11.6 Å². The van der Waals surface area contributed by atoms with Crippen LogP contribution in [-0.2, 0) is 0 Å². The molecule has 100 valence electrons. The molecule has 0 atom stereocenters. The van der Waals surface area contributed by atoms with Gasteiger partial charge in [-0.2, -0.15) is 0 Å². The van der Waals surface area contributed by atoms with E-state index < -0.39 is 0 Å². The van der Waals surface area contributed by atoms with E-state index in [1.165, 1.54) is 6.07 Å². The highest BCUT2D eigenvalue weighted by atomic mass is 35.5. The van der Waals surface area contributed by atoms with Crippen LogP contribution in [-0.4, -0.2) is 9.97 Å². The van der Waals surface area contributed by atoms with Crippen molar-refractivity contribution >= 4 is 22.5 Å². The predicted octanol–water partition coefficient (Wildman–Crippen LogP) is 4.71. The molecule has 0 N–H and O–H groups in total. The first-order valence-corrected chi connectivity index (χ1v) is 6.63. The Morgan fingerprint density at radius 2 is 1.85 bits per heavy atom. The van der Waals surface area contributed by atoms with Crippen LogP contribution in [0.4, 0.5) is 4.39 Å². The van der Waals surface area contributed by atoms with Crippen LogP contribution in [0, 0.1) is 19.7 Å². The van der Waals surface area contributed by atoms with Crippen molar-refractivity contribution in [2.24, 2.45) is 0 Å². The van der Waals surface area contributed by atoms with Crippen molar-refractivity contribution in [3.8, 4) is 11.4 Å². The number of aromatic nitrogens is 2. The molecule has 20 heavy (non-hydrogen) atoms. The zero-order valence-corrected chi connectivity index (χ0v) is 11.9. The fraction of sp³-hybridized carbons (Fsp3) is 0.125. The normalized spacial score (nSPS) is 11.0. The van der Waals surface area contributed by atoms with Crippen molar-refractivity contribution in [2.75, 3.05) is 0 Å². The molecule has 0 aliphatic rings. The summed E-state index contributed by atoms with van der Waals surface area (Å²) in [6, 6.07) is 10.7. The van der Waals surface area contributed by atoms with Crippen molar-refractivity contribution in [3.05, 3.63) is 58.5 Å². The fourth-order valence-corrected chi connectivity index (χ4v) is 2.41. The first kappa shape index (κ1) is 13.0. The lowest BCUT2D eigenvalue weighted by Gasteiger charge is -2.07. The lowest BCUT2D eigenvalue weighted by Crippen LogP contribution is -1.96. The third-order valence-electron chi connectivity index (χ3n) is 3.25. The van der Waals surface area contributed by atoms with Gasteiger partial charge in [-0.15, -0.1) is 0 Å². The number of hydrogen-bond donors (Lipinski definition) is 0. The van der Waals surface area contributed by atoms with Crippen molar-refractivity contribution in [1.29, 1.82) is 0 Å². The second-order valence-corrected chi connectivity index (χ2v) is 5.15. The van der Waals surface area contributed by atoms with Crippen molar-refractivity contribution in [1.82, 2.24) is 9.97 Å². The van der Waals surface area contributed by atoms with E-state index in [1.54, 1.807) is 6.07 Å². The van der Waals surface area contributed by atoms with E-state index in [0.717, 1.165) is 22.0 Å². The Hall–Kier alpha value is -2.00. The van der Waals surface area contributed by atoms with Gasteiger partial charge in [0, 0.05) is 5.39 Å². The molecule has 2 aromatic carbocycles. The van der Waals surface area contributed by atoms with Crippen molar-refractivity contribution in [2.45, 2.75) is 13.8 Å². The Bertz CT molecular complexity index is 815. The van der Waals surface area contributed by atoms with Crippen LogP contribution in [0.2, 0.25) is 5.15 Å². The molecule has 0 fully saturated rings. The van der Waals surface area contributed by atoms with E-state index in [2.05, 4.69) is 9.97 Å².